The third-order valence-corrected chi connectivity index (χ3v) is 5.15. The van der Waals surface area contributed by atoms with Gasteiger partial charge in [-0.3, -0.25) is 9.35 Å². The van der Waals surface area contributed by atoms with Gasteiger partial charge in [0.15, 0.2) is 11.5 Å². The van der Waals surface area contributed by atoms with Gasteiger partial charge in [-0.25, -0.2) is 9.97 Å². The molecule has 4 rings (SSSR count). The van der Waals surface area contributed by atoms with Crippen LogP contribution in [0.3, 0.4) is 0 Å². The van der Waals surface area contributed by atoms with E-state index in [0.29, 0.717) is 28.6 Å². The molecule has 0 unspecified atom stereocenters. The smallest absolute Gasteiger partial charge is 0.294 e. The molecule has 2 aromatic heterocycles. The fourth-order valence-corrected chi connectivity index (χ4v) is 3.31. The Kier molecular flexibility index (Phi) is 3.85. The van der Waals surface area contributed by atoms with Crippen molar-refractivity contribution in [1.29, 1.82) is 0 Å². The molecule has 0 radical (unpaired) electrons. The number of carbonyl (C=O) groups excluding carboxylic acids is 1. The topological polar surface area (TPSA) is 115 Å². The molecule has 3 aromatic rings. The number of hydrogen-bond acceptors (Lipinski definition) is 6. The summed E-state index contributed by atoms with van der Waals surface area (Å²) in [6.45, 7) is 1.76. The van der Waals surface area contributed by atoms with E-state index in [9.17, 15) is 13.2 Å². The number of fused-ring (bicyclic) bond motifs is 1. The van der Waals surface area contributed by atoms with Gasteiger partial charge in [-0.2, -0.15) is 12.9 Å². The highest BCUT2D eigenvalue weighted by Gasteiger charge is 2.29. The molecule has 1 saturated carbocycles. The van der Waals surface area contributed by atoms with E-state index in [1.54, 1.807) is 17.5 Å². The first-order chi connectivity index (χ1) is 12.3. The Hall–Kier alpha value is -2.65. The zero-order valence-corrected chi connectivity index (χ0v) is 14.8. The second kappa shape index (κ2) is 5.96. The van der Waals surface area contributed by atoms with Crippen molar-refractivity contribution in [3.05, 3.63) is 41.9 Å². The highest BCUT2D eigenvalue weighted by Crippen LogP contribution is 2.31. The first kappa shape index (κ1) is 16.8. The summed E-state index contributed by atoms with van der Waals surface area (Å²) >= 11 is 0. The van der Waals surface area contributed by atoms with Crippen LogP contribution in [0.2, 0.25) is 0 Å². The largest absolute Gasteiger partial charge is 0.299 e. The zero-order valence-electron chi connectivity index (χ0n) is 14.0. The van der Waals surface area contributed by atoms with E-state index in [1.807, 2.05) is 0 Å². The van der Waals surface area contributed by atoms with E-state index >= 15 is 0 Å². The molecular weight excluding hydrogens is 356 g/mol. The molecule has 1 aromatic carbocycles. The van der Waals surface area contributed by atoms with Crippen molar-refractivity contribution >= 4 is 21.5 Å². The summed E-state index contributed by atoms with van der Waals surface area (Å²) < 4.78 is 33.1. The molecule has 1 aliphatic rings. The van der Waals surface area contributed by atoms with Crippen LogP contribution in [0.25, 0.3) is 17.0 Å². The SMILES string of the molecule is Cc1nc2cc(CC(=O)C3CC3)nc(-c3ccc(S(=O)(=O)O)cc3)n2n1. The summed E-state index contributed by atoms with van der Waals surface area (Å²) in [5, 5.41) is 4.32. The zero-order chi connectivity index (χ0) is 18.5. The average molecular weight is 372 g/mol. The lowest BCUT2D eigenvalue weighted by atomic mass is 10.1. The number of ketones is 1. The minimum absolute atomic E-state index is 0.144. The van der Waals surface area contributed by atoms with Gasteiger partial charge in [0.2, 0.25) is 0 Å². The molecule has 0 aliphatic heterocycles. The van der Waals surface area contributed by atoms with Gasteiger partial charge in [0, 0.05) is 24.0 Å². The molecule has 26 heavy (non-hydrogen) atoms. The van der Waals surface area contributed by atoms with Gasteiger partial charge in [0.1, 0.15) is 11.6 Å². The van der Waals surface area contributed by atoms with Gasteiger partial charge in [0.05, 0.1) is 10.6 Å². The molecule has 0 bridgehead atoms. The van der Waals surface area contributed by atoms with Gasteiger partial charge >= 0.3 is 0 Å². The number of aromatic nitrogens is 4. The fourth-order valence-electron chi connectivity index (χ4n) is 2.83. The van der Waals surface area contributed by atoms with E-state index in [2.05, 4.69) is 15.1 Å². The monoisotopic (exact) mass is 372 g/mol. The number of nitrogens with zero attached hydrogens (tertiary/aromatic N) is 4. The number of benzene rings is 1. The molecule has 1 fully saturated rings. The van der Waals surface area contributed by atoms with Crippen molar-refractivity contribution in [2.45, 2.75) is 31.1 Å². The number of carbonyl (C=O) groups is 1. The van der Waals surface area contributed by atoms with Gasteiger partial charge < -0.3 is 0 Å². The number of hydrogen-bond donors (Lipinski definition) is 1. The maximum absolute atomic E-state index is 12.1. The summed E-state index contributed by atoms with van der Waals surface area (Å²) in [7, 11) is -4.27. The summed E-state index contributed by atoms with van der Waals surface area (Å²) in [4.78, 5) is 20.8. The highest BCUT2D eigenvalue weighted by molar-refractivity contribution is 7.85. The van der Waals surface area contributed by atoms with Crippen LogP contribution in [0.5, 0.6) is 0 Å². The van der Waals surface area contributed by atoms with Gasteiger partial charge in [-0.1, -0.05) is 0 Å². The summed E-state index contributed by atoms with van der Waals surface area (Å²) in [5.41, 5.74) is 1.79. The molecule has 0 spiro atoms. The second-order valence-corrected chi connectivity index (χ2v) is 7.84. The molecular formula is C17H16N4O4S. The molecule has 8 nitrogen and oxygen atoms in total. The Bertz CT molecular complexity index is 1120. The summed E-state index contributed by atoms with van der Waals surface area (Å²) in [6.07, 6.45) is 2.12. The Morgan fingerprint density at radius 2 is 1.92 bits per heavy atom. The van der Waals surface area contributed by atoms with Gasteiger partial charge in [-0.05, 0) is 44.0 Å². The highest BCUT2D eigenvalue weighted by atomic mass is 32.2. The van der Waals surface area contributed by atoms with Crippen molar-refractivity contribution < 1.29 is 17.8 Å². The van der Waals surface area contributed by atoms with Gasteiger partial charge in [-0.15, -0.1) is 5.10 Å². The van der Waals surface area contributed by atoms with Crippen LogP contribution in [-0.4, -0.2) is 38.3 Å². The third-order valence-electron chi connectivity index (χ3n) is 4.28. The first-order valence-corrected chi connectivity index (χ1v) is 9.59. The quantitative estimate of drug-likeness (QED) is 0.680. The molecule has 1 aliphatic carbocycles. The van der Waals surface area contributed by atoms with Crippen LogP contribution >= 0.6 is 0 Å². The molecule has 1 N–H and O–H groups in total. The lowest BCUT2D eigenvalue weighted by molar-refractivity contribution is -0.119. The Morgan fingerprint density at radius 3 is 2.54 bits per heavy atom. The fraction of sp³-hybridized carbons (Fsp3) is 0.294. The summed E-state index contributed by atoms with van der Waals surface area (Å²) in [6, 6.07) is 7.41. The van der Waals surface area contributed by atoms with E-state index in [4.69, 9.17) is 4.55 Å². The second-order valence-electron chi connectivity index (χ2n) is 6.42. The van der Waals surface area contributed by atoms with Crippen LogP contribution < -0.4 is 0 Å². The van der Waals surface area contributed by atoms with Crippen molar-refractivity contribution in [2.24, 2.45) is 5.92 Å². The molecule has 0 saturated heterocycles. The average Bonchev–Trinajstić information content (AvgIpc) is 3.35. The lowest BCUT2D eigenvalue weighted by Crippen LogP contribution is -2.09. The number of Topliss-reactive ketones (excluding diaryl/α,β-unsaturated/α-hetero) is 1. The van der Waals surface area contributed by atoms with E-state index < -0.39 is 10.1 Å². The minimum Gasteiger partial charge on any atom is -0.299 e. The van der Waals surface area contributed by atoms with Crippen LogP contribution in [-0.2, 0) is 21.3 Å². The molecule has 134 valence electrons. The van der Waals surface area contributed by atoms with Crippen molar-refractivity contribution in [2.75, 3.05) is 0 Å². The van der Waals surface area contributed by atoms with E-state index in [0.717, 1.165) is 12.8 Å². The third kappa shape index (κ3) is 3.23. The maximum Gasteiger partial charge on any atom is 0.294 e. The van der Waals surface area contributed by atoms with Crippen LogP contribution in [0.15, 0.2) is 35.2 Å². The molecule has 0 amide bonds. The van der Waals surface area contributed by atoms with E-state index in [1.165, 1.54) is 24.3 Å². The minimum atomic E-state index is -4.27. The number of rotatable bonds is 5. The Balaban J connectivity index is 1.80. The Labute approximate surface area is 149 Å². The lowest BCUT2D eigenvalue weighted by Gasteiger charge is -2.07. The predicted octanol–water partition coefficient (Wildman–Crippen LogP) is 1.87. The maximum atomic E-state index is 12.1. The van der Waals surface area contributed by atoms with Gasteiger partial charge in [0.25, 0.3) is 10.1 Å². The Morgan fingerprint density at radius 1 is 1.23 bits per heavy atom. The normalized spacial score (nSPS) is 14.7. The van der Waals surface area contributed by atoms with Crippen molar-refractivity contribution in [3.63, 3.8) is 0 Å². The van der Waals surface area contributed by atoms with Crippen LogP contribution in [0.1, 0.15) is 24.4 Å². The van der Waals surface area contributed by atoms with Crippen LogP contribution in [0, 0.1) is 12.8 Å². The predicted molar refractivity (Wildman–Crippen MR) is 92.2 cm³/mol. The first-order valence-electron chi connectivity index (χ1n) is 8.15. The summed E-state index contributed by atoms with van der Waals surface area (Å²) in [5.74, 6) is 1.34. The molecule has 0 atom stereocenters. The molecule has 9 heteroatoms. The van der Waals surface area contributed by atoms with Crippen LogP contribution in [0.4, 0.5) is 0 Å². The van der Waals surface area contributed by atoms with Crippen molar-refractivity contribution in [1.82, 2.24) is 19.6 Å². The standard InChI is InChI=1S/C17H16N4O4S/c1-10-18-16-9-13(8-15(22)11-2-3-11)19-17(21(16)20-10)12-4-6-14(7-5-12)26(23,24)25/h4-7,9,11H,2-3,8H2,1H3,(H,23,24,25). The van der Waals surface area contributed by atoms with E-state index in [-0.39, 0.29) is 23.0 Å². The van der Waals surface area contributed by atoms with Crippen molar-refractivity contribution in [3.8, 4) is 11.4 Å². The molecule has 2 heterocycles. The number of aryl methyl sites for hydroxylation is 1.